The molecule has 108 valence electrons. The van der Waals surface area contributed by atoms with Gasteiger partial charge in [-0.15, -0.1) is 0 Å². The van der Waals surface area contributed by atoms with Crippen LogP contribution in [0.4, 0.5) is 5.69 Å². The third kappa shape index (κ3) is 3.76. The van der Waals surface area contributed by atoms with Gasteiger partial charge in [0.15, 0.2) is 0 Å². The molecule has 0 aliphatic carbocycles. The summed E-state index contributed by atoms with van der Waals surface area (Å²) in [5, 5.41) is 2.87. The number of carbonyl (C=O) groups is 2. The molecular weight excluding hydrogens is 294 g/mol. The maximum Gasteiger partial charge on any atom is 0.356 e. The Hall–Kier alpha value is -2.47. The number of hydrogen-bond acceptors (Lipinski definition) is 5. The highest BCUT2D eigenvalue weighted by Gasteiger charge is 2.11. The molecule has 2 rings (SSSR count). The van der Waals surface area contributed by atoms with E-state index < -0.39 is 11.9 Å². The quantitative estimate of drug-likeness (QED) is 0.696. The fraction of sp³-hybridized carbons (Fsp3) is 0.143. The van der Waals surface area contributed by atoms with Crippen LogP contribution < -0.4 is 5.32 Å². The molecule has 0 aliphatic rings. The zero-order chi connectivity index (χ0) is 15.4. The summed E-state index contributed by atoms with van der Waals surface area (Å²) in [6.07, 6.45) is 1.36. The summed E-state index contributed by atoms with van der Waals surface area (Å²) < 4.78 is 4.54. The molecule has 0 radical (unpaired) electrons. The molecule has 1 amide bonds. The van der Waals surface area contributed by atoms with Crippen LogP contribution in [0.2, 0.25) is 5.15 Å². The summed E-state index contributed by atoms with van der Waals surface area (Å²) in [6.45, 7) is 1.82. The van der Waals surface area contributed by atoms with Crippen LogP contribution in [0.25, 0.3) is 0 Å². The average molecular weight is 306 g/mol. The molecule has 0 saturated heterocycles. The lowest BCUT2D eigenvalue weighted by molar-refractivity contribution is 0.0594. The van der Waals surface area contributed by atoms with Crippen molar-refractivity contribution in [2.45, 2.75) is 6.92 Å². The monoisotopic (exact) mass is 305 g/mol. The number of amides is 1. The molecular formula is C14H12ClN3O3. The molecule has 0 aromatic carbocycles. The van der Waals surface area contributed by atoms with Gasteiger partial charge in [-0.05, 0) is 36.8 Å². The maximum atomic E-state index is 12.0. The number of hydrogen-bond donors (Lipinski definition) is 1. The highest BCUT2D eigenvalue weighted by atomic mass is 35.5. The van der Waals surface area contributed by atoms with Gasteiger partial charge in [-0.2, -0.15) is 0 Å². The minimum Gasteiger partial charge on any atom is -0.464 e. The van der Waals surface area contributed by atoms with Gasteiger partial charge < -0.3 is 10.1 Å². The summed E-state index contributed by atoms with van der Waals surface area (Å²) in [5.74, 6) is -0.951. The minimum absolute atomic E-state index is 0.159. The molecule has 2 aromatic rings. The summed E-state index contributed by atoms with van der Waals surface area (Å²) in [6, 6.07) is 6.29. The van der Waals surface area contributed by atoms with E-state index in [0.717, 1.165) is 5.56 Å². The van der Waals surface area contributed by atoms with Crippen molar-refractivity contribution in [2.24, 2.45) is 0 Å². The Morgan fingerprint density at radius 1 is 1.24 bits per heavy atom. The van der Waals surface area contributed by atoms with E-state index in [1.807, 2.05) is 6.92 Å². The lowest BCUT2D eigenvalue weighted by Gasteiger charge is -2.06. The van der Waals surface area contributed by atoms with Crippen LogP contribution in [0, 0.1) is 6.92 Å². The first kappa shape index (κ1) is 14.9. The van der Waals surface area contributed by atoms with Crippen LogP contribution in [0.1, 0.15) is 26.5 Å². The Kier molecular flexibility index (Phi) is 4.49. The van der Waals surface area contributed by atoms with Crippen molar-refractivity contribution in [1.29, 1.82) is 0 Å². The summed E-state index contributed by atoms with van der Waals surface area (Å²) in [7, 11) is 1.27. The van der Waals surface area contributed by atoms with E-state index in [1.54, 1.807) is 18.2 Å². The number of methoxy groups -OCH3 is 1. The van der Waals surface area contributed by atoms with Crippen molar-refractivity contribution in [3.05, 3.63) is 52.6 Å². The van der Waals surface area contributed by atoms with Crippen molar-refractivity contribution in [3.8, 4) is 0 Å². The number of aryl methyl sites for hydroxylation is 1. The molecule has 2 heterocycles. The van der Waals surface area contributed by atoms with Gasteiger partial charge in [-0.3, -0.25) is 4.79 Å². The molecule has 0 unspecified atom stereocenters. The van der Waals surface area contributed by atoms with E-state index in [9.17, 15) is 9.59 Å². The van der Waals surface area contributed by atoms with Crippen LogP contribution >= 0.6 is 11.6 Å². The Bertz CT molecular complexity index is 666. The van der Waals surface area contributed by atoms with E-state index in [0.29, 0.717) is 5.69 Å². The lowest BCUT2D eigenvalue weighted by Crippen LogP contribution is -2.14. The topological polar surface area (TPSA) is 81.2 Å². The number of anilines is 1. The number of ether oxygens (including phenoxy) is 1. The Morgan fingerprint density at radius 3 is 2.57 bits per heavy atom. The van der Waals surface area contributed by atoms with Gasteiger partial charge in [0.2, 0.25) is 0 Å². The number of rotatable bonds is 3. The average Bonchev–Trinajstić information content (AvgIpc) is 2.46. The van der Waals surface area contributed by atoms with Crippen LogP contribution in [-0.2, 0) is 4.74 Å². The minimum atomic E-state index is -0.542. The lowest BCUT2D eigenvalue weighted by atomic mass is 10.2. The summed E-state index contributed by atoms with van der Waals surface area (Å²) >= 11 is 5.81. The van der Waals surface area contributed by atoms with Gasteiger partial charge in [-0.1, -0.05) is 11.6 Å². The number of aromatic nitrogens is 2. The number of halogens is 1. The van der Waals surface area contributed by atoms with Crippen LogP contribution in [-0.4, -0.2) is 29.0 Å². The molecule has 0 fully saturated rings. The predicted molar refractivity (Wildman–Crippen MR) is 77.5 cm³/mol. The molecule has 0 spiro atoms. The Labute approximate surface area is 126 Å². The van der Waals surface area contributed by atoms with Crippen molar-refractivity contribution < 1.29 is 14.3 Å². The molecule has 0 bridgehead atoms. The number of carbonyl (C=O) groups excluding carboxylic acids is 2. The van der Waals surface area contributed by atoms with Gasteiger partial charge in [-0.25, -0.2) is 14.8 Å². The number of pyridine rings is 2. The van der Waals surface area contributed by atoms with Crippen molar-refractivity contribution in [1.82, 2.24) is 9.97 Å². The SMILES string of the molecule is COC(=O)c1ccc(NC(=O)c2cc(C)cc(Cl)n2)cn1. The van der Waals surface area contributed by atoms with Gasteiger partial charge >= 0.3 is 5.97 Å². The third-order valence-corrected chi connectivity index (χ3v) is 2.78. The standard InChI is InChI=1S/C14H12ClN3O3/c1-8-5-11(18-12(15)6-8)13(19)17-9-3-4-10(16-7-9)14(20)21-2/h3-7H,1-2H3,(H,17,19). The van der Waals surface area contributed by atoms with E-state index in [4.69, 9.17) is 11.6 Å². The highest BCUT2D eigenvalue weighted by molar-refractivity contribution is 6.29. The first-order chi connectivity index (χ1) is 9.99. The smallest absolute Gasteiger partial charge is 0.356 e. The van der Waals surface area contributed by atoms with Crippen molar-refractivity contribution >= 4 is 29.2 Å². The molecule has 1 N–H and O–H groups in total. The van der Waals surface area contributed by atoms with Gasteiger partial charge in [0.1, 0.15) is 16.5 Å². The normalized spacial score (nSPS) is 10.0. The third-order valence-electron chi connectivity index (χ3n) is 2.59. The highest BCUT2D eigenvalue weighted by Crippen LogP contribution is 2.13. The Balaban J connectivity index is 2.14. The number of nitrogens with one attached hydrogen (secondary N) is 1. The molecule has 6 nitrogen and oxygen atoms in total. The van der Waals surface area contributed by atoms with Gasteiger partial charge in [0.05, 0.1) is 19.0 Å². The Morgan fingerprint density at radius 2 is 2.00 bits per heavy atom. The second kappa shape index (κ2) is 6.32. The van der Waals surface area contributed by atoms with Crippen molar-refractivity contribution in [2.75, 3.05) is 12.4 Å². The van der Waals surface area contributed by atoms with E-state index in [1.165, 1.54) is 19.4 Å². The number of esters is 1. The molecule has 0 atom stereocenters. The van der Waals surface area contributed by atoms with Crippen molar-refractivity contribution in [3.63, 3.8) is 0 Å². The van der Waals surface area contributed by atoms with Gasteiger partial charge in [0.25, 0.3) is 5.91 Å². The van der Waals surface area contributed by atoms with Crippen LogP contribution in [0.3, 0.4) is 0 Å². The van der Waals surface area contributed by atoms with Gasteiger partial charge in [0, 0.05) is 0 Å². The maximum absolute atomic E-state index is 12.0. The van der Waals surface area contributed by atoms with Crippen LogP contribution in [0.5, 0.6) is 0 Å². The molecule has 7 heteroatoms. The fourth-order valence-electron chi connectivity index (χ4n) is 1.63. The largest absolute Gasteiger partial charge is 0.464 e. The van der Waals surface area contributed by atoms with E-state index in [-0.39, 0.29) is 16.5 Å². The predicted octanol–water partition coefficient (Wildman–Crippen LogP) is 2.48. The summed E-state index contributed by atoms with van der Waals surface area (Å²) in [4.78, 5) is 31.1. The van der Waals surface area contributed by atoms with E-state index >= 15 is 0 Å². The zero-order valence-corrected chi connectivity index (χ0v) is 12.1. The molecule has 0 aliphatic heterocycles. The van der Waals surface area contributed by atoms with E-state index in [2.05, 4.69) is 20.0 Å². The summed E-state index contributed by atoms with van der Waals surface area (Å²) in [5.41, 5.74) is 1.63. The zero-order valence-electron chi connectivity index (χ0n) is 11.4. The first-order valence-electron chi connectivity index (χ1n) is 5.99. The number of nitrogens with zero attached hydrogens (tertiary/aromatic N) is 2. The molecule has 0 saturated carbocycles. The molecule has 2 aromatic heterocycles. The fourth-order valence-corrected chi connectivity index (χ4v) is 1.89. The second-order valence-corrected chi connectivity index (χ2v) is 4.62. The first-order valence-corrected chi connectivity index (χ1v) is 6.37. The second-order valence-electron chi connectivity index (χ2n) is 4.23. The van der Waals surface area contributed by atoms with Crippen LogP contribution in [0.15, 0.2) is 30.5 Å². The molecule has 21 heavy (non-hydrogen) atoms.